The van der Waals surface area contributed by atoms with E-state index in [2.05, 4.69) is 5.32 Å². The van der Waals surface area contributed by atoms with Gasteiger partial charge in [-0.15, -0.1) is 0 Å². The van der Waals surface area contributed by atoms with Crippen molar-refractivity contribution in [1.29, 1.82) is 0 Å². The Labute approximate surface area is 104 Å². The molecule has 0 spiro atoms. The van der Waals surface area contributed by atoms with Gasteiger partial charge in [-0.1, -0.05) is 6.42 Å². The first-order valence-electron chi connectivity index (χ1n) is 6.49. The summed E-state index contributed by atoms with van der Waals surface area (Å²) in [6.07, 6.45) is -1.56. The Kier molecular flexibility index (Phi) is 3.84. The molecule has 0 heterocycles. The zero-order chi connectivity index (χ0) is 13.3. The van der Waals surface area contributed by atoms with Gasteiger partial charge in [0.2, 0.25) is 5.91 Å². The molecule has 0 aromatic heterocycles. The second kappa shape index (κ2) is 5.07. The maximum absolute atomic E-state index is 12.6. The number of halogens is 3. The summed E-state index contributed by atoms with van der Waals surface area (Å²) in [5.74, 6) is -2.02. The van der Waals surface area contributed by atoms with Crippen molar-refractivity contribution >= 4 is 5.91 Å². The number of amides is 1. The molecule has 0 bridgehead atoms. The maximum Gasteiger partial charge on any atom is 0.391 e. The lowest BCUT2D eigenvalue weighted by Gasteiger charge is -2.36. The number of rotatable bonds is 2. The summed E-state index contributed by atoms with van der Waals surface area (Å²) in [5, 5.41) is 2.80. The van der Waals surface area contributed by atoms with Gasteiger partial charge in [-0.25, -0.2) is 0 Å². The summed E-state index contributed by atoms with van der Waals surface area (Å²) in [4.78, 5) is 11.9. The first kappa shape index (κ1) is 13.6. The molecular formula is C12H19F3N2O. The molecular weight excluding hydrogens is 245 g/mol. The number of carbonyl (C=O) groups is 1. The molecule has 2 unspecified atom stereocenters. The van der Waals surface area contributed by atoms with Gasteiger partial charge in [0.1, 0.15) is 0 Å². The Balaban J connectivity index is 1.83. The Morgan fingerprint density at radius 1 is 1.17 bits per heavy atom. The van der Waals surface area contributed by atoms with Crippen LogP contribution in [0.1, 0.15) is 38.5 Å². The van der Waals surface area contributed by atoms with Crippen LogP contribution < -0.4 is 11.1 Å². The topological polar surface area (TPSA) is 55.1 Å². The van der Waals surface area contributed by atoms with E-state index in [0.717, 1.165) is 12.8 Å². The van der Waals surface area contributed by atoms with E-state index in [0.29, 0.717) is 12.8 Å². The van der Waals surface area contributed by atoms with Gasteiger partial charge in [0, 0.05) is 18.0 Å². The van der Waals surface area contributed by atoms with Gasteiger partial charge in [-0.2, -0.15) is 13.2 Å². The third-order valence-electron chi connectivity index (χ3n) is 4.03. The summed E-state index contributed by atoms with van der Waals surface area (Å²) in [5.41, 5.74) is 5.60. The highest BCUT2D eigenvalue weighted by Crippen LogP contribution is 2.40. The molecule has 3 nitrogen and oxygen atoms in total. The van der Waals surface area contributed by atoms with E-state index in [4.69, 9.17) is 5.73 Å². The Bertz CT molecular complexity index is 313. The van der Waals surface area contributed by atoms with Gasteiger partial charge >= 0.3 is 6.18 Å². The third kappa shape index (κ3) is 3.16. The van der Waals surface area contributed by atoms with Crippen LogP contribution in [0.5, 0.6) is 0 Å². The summed E-state index contributed by atoms with van der Waals surface area (Å²) in [6.45, 7) is 0. The molecule has 2 atom stereocenters. The second-order valence-corrected chi connectivity index (χ2v) is 5.54. The van der Waals surface area contributed by atoms with E-state index in [-0.39, 0.29) is 30.8 Å². The quantitative estimate of drug-likeness (QED) is 0.801. The molecule has 2 aliphatic carbocycles. The molecule has 2 saturated carbocycles. The van der Waals surface area contributed by atoms with Gasteiger partial charge in [0.05, 0.1) is 5.92 Å². The smallest absolute Gasteiger partial charge is 0.353 e. The van der Waals surface area contributed by atoms with Crippen LogP contribution in [0.2, 0.25) is 0 Å². The minimum atomic E-state index is -4.17. The lowest BCUT2D eigenvalue weighted by molar-refractivity contribution is -0.186. The van der Waals surface area contributed by atoms with E-state index in [1.54, 1.807) is 0 Å². The Hall–Kier alpha value is -0.780. The molecule has 1 amide bonds. The molecule has 6 heteroatoms. The predicted molar refractivity (Wildman–Crippen MR) is 60.6 cm³/mol. The van der Waals surface area contributed by atoms with Crippen LogP contribution in [0.4, 0.5) is 13.2 Å². The van der Waals surface area contributed by atoms with Crippen molar-refractivity contribution in [2.45, 2.75) is 56.8 Å². The third-order valence-corrected chi connectivity index (χ3v) is 4.03. The molecule has 0 radical (unpaired) electrons. The highest BCUT2D eigenvalue weighted by molar-refractivity contribution is 5.79. The van der Waals surface area contributed by atoms with Crippen molar-refractivity contribution in [3.8, 4) is 0 Å². The molecule has 0 aromatic rings. The van der Waals surface area contributed by atoms with E-state index in [1.807, 2.05) is 0 Å². The molecule has 2 rings (SSSR count). The zero-order valence-electron chi connectivity index (χ0n) is 10.2. The van der Waals surface area contributed by atoms with Crippen LogP contribution in [0.3, 0.4) is 0 Å². The van der Waals surface area contributed by atoms with Crippen molar-refractivity contribution in [1.82, 2.24) is 5.32 Å². The van der Waals surface area contributed by atoms with Crippen molar-refractivity contribution in [2.75, 3.05) is 0 Å². The highest BCUT2D eigenvalue weighted by Gasteiger charge is 2.44. The summed E-state index contributed by atoms with van der Waals surface area (Å²) in [7, 11) is 0. The van der Waals surface area contributed by atoms with Crippen LogP contribution in [0, 0.1) is 11.8 Å². The van der Waals surface area contributed by atoms with Gasteiger partial charge in [0.15, 0.2) is 0 Å². The van der Waals surface area contributed by atoms with Crippen LogP contribution in [0.25, 0.3) is 0 Å². The first-order valence-corrected chi connectivity index (χ1v) is 6.49. The van der Waals surface area contributed by atoms with Gasteiger partial charge < -0.3 is 11.1 Å². The number of carbonyl (C=O) groups excluding carboxylic acids is 1. The SMILES string of the molecule is NC1CC(NC(=O)C2CCCC(C(F)(F)F)C2)C1. The predicted octanol–water partition coefficient (Wildman–Crippen LogP) is 1.96. The fourth-order valence-corrected chi connectivity index (χ4v) is 2.82. The van der Waals surface area contributed by atoms with Crippen LogP contribution in [-0.4, -0.2) is 24.2 Å². The molecule has 2 aliphatic rings. The van der Waals surface area contributed by atoms with E-state index in [1.165, 1.54) is 0 Å². The van der Waals surface area contributed by atoms with E-state index < -0.39 is 18.0 Å². The summed E-state index contributed by atoms with van der Waals surface area (Å²) >= 11 is 0. The van der Waals surface area contributed by atoms with Crippen LogP contribution in [0.15, 0.2) is 0 Å². The monoisotopic (exact) mass is 264 g/mol. The minimum Gasteiger partial charge on any atom is -0.353 e. The average molecular weight is 264 g/mol. The Morgan fingerprint density at radius 3 is 2.39 bits per heavy atom. The Morgan fingerprint density at radius 2 is 1.83 bits per heavy atom. The lowest BCUT2D eigenvalue weighted by Crippen LogP contribution is -2.52. The van der Waals surface area contributed by atoms with Crippen molar-refractivity contribution in [3.05, 3.63) is 0 Å². The van der Waals surface area contributed by atoms with E-state index >= 15 is 0 Å². The van der Waals surface area contributed by atoms with Gasteiger partial charge in [-0.3, -0.25) is 4.79 Å². The lowest BCUT2D eigenvalue weighted by atomic mass is 9.80. The second-order valence-electron chi connectivity index (χ2n) is 5.54. The number of alkyl halides is 3. The number of nitrogens with two attached hydrogens (primary N) is 1. The molecule has 3 N–H and O–H groups in total. The molecule has 104 valence electrons. The largest absolute Gasteiger partial charge is 0.391 e. The summed E-state index contributed by atoms with van der Waals surface area (Å²) < 4.78 is 37.9. The maximum atomic E-state index is 12.6. The highest BCUT2D eigenvalue weighted by atomic mass is 19.4. The normalized spacial score (nSPS) is 36.9. The number of hydrogen-bond donors (Lipinski definition) is 2. The molecule has 0 aromatic carbocycles. The molecule has 0 aliphatic heterocycles. The molecule has 0 saturated heterocycles. The minimum absolute atomic E-state index is 0.0614. The van der Waals surface area contributed by atoms with Gasteiger partial charge in [0.25, 0.3) is 0 Å². The van der Waals surface area contributed by atoms with Crippen LogP contribution in [-0.2, 0) is 4.79 Å². The van der Waals surface area contributed by atoms with Crippen molar-refractivity contribution in [2.24, 2.45) is 17.6 Å². The standard InChI is InChI=1S/C12H19F3N2O/c13-12(14,15)8-3-1-2-7(4-8)11(18)17-10-5-9(16)6-10/h7-10H,1-6,16H2,(H,17,18). The van der Waals surface area contributed by atoms with Crippen molar-refractivity contribution < 1.29 is 18.0 Å². The van der Waals surface area contributed by atoms with Gasteiger partial charge in [-0.05, 0) is 32.1 Å². The fourth-order valence-electron chi connectivity index (χ4n) is 2.82. The summed E-state index contributed by atoms with van der Waals surface area (Å²) in [6, 6.07) is 0.198. The first-order chi connectivity index (χ1) is 8.36. The number of hydrogen-bond acceptors (Lipinski definition) is 2. The fraction of sp³-hybridized carbons (Fsp3) is 0.917. The zero-order valence-corrected chi connectivity index (χ0v) is 10.2. The molecule has 2 fully saturated rings. The number of nitrogens with one attached hydrogen (secondary N) is 1. The van der Waals surface area contributed by atoms with Crippen LogP contribution >= 0.6 is 0 Å². The van der Waals surface area contributed by atoms with Crippen molar-refractivity contribution in [3.63, 3.8) is 0 Å². The molecule has 18 heavy (non-hydrogen) atoms. The van der Waals surface area contributed by atoms with E-state index in [9.17, 15) is 18.0 Å². The average Bonchev–Trinajstić information content (AvgIpc) is 2.26.